The molecule has 0 aliphatic carbocycles. The highest BCUT2D eigenvalue weighted by molar-refractivity contribution is 6.08. The van der Waals surface area contributed by atoms with Crippen LogP contribution in [0.2, 0.25) is 0 Å². The van der Waals surface area contributed by atoms with Crippen molar-refractivity contribution in [2.45, 2.75) is 12.8 Å². The number of rotatable bonds is 9. The minimum atomic E-state index is -1.03. The molecular formula is C25H25F3N6O3. The third-order valence-electron chi connectivity index (χ3n) is 5.89. The van der Waals surface area contributed by atoms with Crippen molar-refractivity contribution in [3.05, 3.63) is 75.5 Å². The lowest BCUT2D eigenvalue weighted by Crippen LogP contribution is -2.27. The molecule has 1 aliphatic rings. The van der Waals surface area contributed by atoms with Gasteiger partial charge in [0.25, 0.3) is 11.5 Å². The highest BCUT2D eigenvalue weighted by atomic mass is 19.1. The molecule has 1 aromatic heterocycles. The second-order valence-corrected chi connectivity index (χ2v) is 8.29. The van der Waals surface area contributed by atoms with Crippen LogP contribution in [0.1, 0.15) is 28.9 Å². The molecule has 3 N–H and O–H groups in total. The lowest BCUT2D eigenvalue weighted by molar-refractivity contribution is 0.102. The van der Waals surface area contributed by atoms with Crippen LogP contribution < -0.4 is 21.1 Å². The third kappa shape index (κ3) is 5.33. The summed E-state index contributed by atoms with van der Waals surface area (Å²) < 4.78 is 49.2. The molecule has 1 fully saturated rings. The van der Waals surface area contributed by atoms with Crippen LogP contribution in [0.5, 0.6) is 0 Å². The molecule has 3 aromatic rings. The fourth-order valence-electron chi connectivity index (χ4n) is 4.20. The molecule has 0 radical (unpaired) electrons. The minimum Gasteiger partial charge on any atom is -0.383 e. The number of methoxy groups -OCH3 is 1. The Morgan fingerprint density at radius 3 is 2.46 bits per heavy atom. The Morgan fingerprint density at radius 1 is 1.11 bits per heavy atom. The maximum absolute atomic E-state index is 15.2. The van der Waals surface area contributed by atoms with Gasteiger partial charge in [0.15, 0.2) is 11.6 Å². The van der Waals surface area contributed by atoms with E-state index in [-0.39, 0.29) is 22.6 Å². The summed E-state index contributed by atoms with van der Waals surface area (Å²) >= 11 is 0. The summed E-state index contributed by atoms with van der Waals surface area (Å²) in [5.74, 6) is -3.59. The first-order valence-corrected chi connectivity index (χ1v) is 11.6. The number of carbonyl (C=O) groups is 1. The zero-order valence-corrected chi connectivity index (χ0v) is 20.0. The van der Waals surface area contributed by atoms with Crippen LogP contribution in [0.4, 0.5) is 30.2 Å². The van der Waals surface area contributed by atoms with E-state index in [0.29, 0.717) is 36.6 Å². The first kappa shape index (κ1) is 25.9. The van der Waals surface area contributed by atoms with Crippen molar-refractivity contribution >= 4 is 29.2 Å². The van der Waals surface area contributed by atoms with Crippen LogP contribution in [0.25, 0.3) is 5.69 Å². The van der Waals surface area contributed by atoms with Crippen molar-refractivity contribution in [3.63, 3.8) is 0 Å². The standard InChI is InChI=1S/C25H25F3N6O3/c1-37-12-9-30-22-15(14-29)23(33-10-2-3-11-33)20(13-18(22)28)31-25(36)19-7-8-21(35)34(32-19)24-16(26)5-4-6-17(24)27/h4-8,13-14,29-30H,2-3,9-12H2,1H3,(H,31,36). The number of para-hydroxylation sites is 1. The van der Waals surface area contributed by atoms with Gasteiger partial charge in [-0.25, -0.2) is 13.2 Å². The fourth-order valence-corrected chi connectivity index (χ4v) is 4.20. The van der Waals surface area contributed by atoms with Crippen molar-refractivity contribution in [1.82, 2.24) is 9.78 Å². The number of anilines is 3. The second-order valence-electron chi connectivity index (χ2n) is 8.29. The minimum absolute atomic E-state index is 0.0943. The van der Waals surface area contributed by atoms with Crippen LogP contribution >= 0.6 is 0 Å². The van der Waals surface area contributed by atoms with Crippen LogP contribution in [-0.2, 0) is 4.74 Å². The van der Waals surface area contributed by atoms with E-state index in [4.69, 9.17) is 10.1 Å². The summed E-state index contributed by atoms with van der Waals surface area (Å²) in [5.41, 5.74) is -0.986. The van der Waals surface area contributed by atoms with Gasteiger partial charge < -0.3 is 25.7 Å². The first-order valence-electron chi connectivity index (χ1n) is 11.6. The zero-order valence-electron chi connectivity index (χ0n) is 20.0. The van der Waals surface area contributed by atoms with E-state index in [1.807, 2.05) is 4.90 Å². The maximum atomic E-state index is 15.2. The molecule has 4 rings (SSSR count). The molecule has 0 spiro atoms. The van der Waals surface area contributed by atoms with Crippen molar-refractivity contribution in [2.24, 2.45) is 0 Å². The Kier molecular flexibility index (Phi) is 7.87. The van der Waals surface area contributed by atoms with E-state index in [1.165, 1.54) is 7.11 Å². The summed E-state index contributed by atoms with van der Waals surface area (Å²) in [6.45, 7) is 1.90. The normalized spacial score (nSPS) is 13.0. The molecule has 1 aliphatic heterocycles. The Labute approximate surface area is 210 Å². The summed E-state index contributed by atoms with van der Waals surface area (Å²) in [6.07, 6.45) is 2.78. The van der Waals surface area contributed by atoms with Gasteiger partial charge in [0, 0.05) is 50.7 Å². The molecule has 2 aromatic carbocycles. The van der Waals surface area contributed by atoms with E-state index in [1.54, 1.807) is 0 Å². The molecule has 0 bridgehead atoms. The van der Waals surface area contributed by atoms with Crippen LogP contribution in [0.15, 0.2) is 41.2 Å². The average molecular weight is 515 g/mol. The number of ether oxygens (including phenoxy) is 1. The summed E-state index contributed by atoms with van der Waals surface area (Å²) in [5, 5.41) is 17.4. The molecule has 0 saturated carbocycles. The quantitative estimate of drug-likeness (QED) is 0.297. The van der Waals surface area contributed by atoms with E-state index < -0.39 is 34.6 Å². The molecule has 12 heteroatoms. The van der Waals surface area contributed by atoms with Gasteiger partial charge in [-0.1, -0.05) is 6.07 Å². The number of hydrogen-bond donors (Lipinski definition) is 3. The van der Waals surface area contributed by atoms with Crippen LogP contribution in [-0.4, -0.2) is 55.3 Å². The lowest BCUT2D eigenvalue weighted by Gasteiger charge is -2.26. The van der Waals surface area contributed by atoms with Gasteiger partial charge in [0.05, 0.1) is 23.7 Å². The molecule has 37 heavy (non-hydrogen) atoms. The van der Waals surface area contributed by atoms with Crippen molar-refractivity contribution in [1.29, 1.82) is 5.41 Å². The number of aromatic nitrogens is 2. The number of benzene rings is 2. The summed E-state index contributed by atoms with van der Waals surface area (Å²) in [7, 11) is 1.52. The van der Waals surface area contributed by atoms with Crippen molar-refractivity contribution < 1.29 is 22.7 Å². The molecule has 0 unspecified atom stereocenters. The fraction of sp³-hybridized carbons (Fsp3) is 0.280. The highest BCUT2D eigenvalue weighted by Crippen LogP contribution is 2.38. The van der Waals surface area contributed by atoms with E-state index >= 15 is 4.39 Å². The number of nitrogens with one attached hydrogen (secondary N) is 3. The van der Waals surface area contributed by atoms with Gasteiger partial charge in [-0.2, -0.15) is 9.78 Å². The second kappa shape index (κ2) is 11.2. The molecule has 9 nitrogen and oxygen atoms in total. The largest absolute Gasteiger partial charge is 0.383 e. The SMILES string of the molecule is COCCNc1c(F)cc(NC(=O)c2ccc(=O)n(-c3c(F)cccc3F)n2)c(N2CCCC2)c1C=N. The molecule has 0 atom stereocenters. The maximum Gasteiger partial charge on any atom is 0.276 e. The van der Waals surface area contributed by atoms with Gasteiger partial charge in [-0.05, 0) is 31.0 Å². The predicted molar refractivity (Wildman–Crippen MR) is 134 cm³/mol. The number of carbonyl (C=O) groups excluding carboxylic acids is 1. The Bertz CT molecular complexity index is 1370. The highest BCUT2D eigenvalue weighted by Gasteiger charge is 2.26. The van der Waals surface area contributed by atoms with Crippen LogP contribution in [0.3, 0.4) is 0 Å². The predicted octanol–water partition coefficient (Wildman–Crippen LogP) is 3.56. The molecular weight excluding hydrogens is 489 g/mol. The first-order chi connectivity index (χ1) is 17.8. The third-order valence-corrected chi connectivity index (χ3v) is 5.89. The number of halogens is 3. The monoisotopic (exact) mass is 514 g/mol. The van der Waals surface area contributed by atoms with Gasteiger partial charge in [-0.15, -0.1) is 0 Å². The molecule has 1 amide bonds. The van der Waals surface area contributed by atoms with Gasteiger partial charge in [0.1, 0.15) is 17.2 Å². The zero-order chi connectivity index (χ0) is 26.5. The number of nitrogens with zero attached hydrogens (tertiary/aromatic N) is 3. The topological polar surface area (TPSA) is 112 Å². The average Bonchev–Trinajstić information content (AvgIpc) is 3.40. The van der Waals surface area contributed by atoms with E-state index in [9.17, 15) is 18.4 Å². The van der Waals surface area contributed by atoms with E-state index in [2.05, 4.69) is 15.7 Å². The number of hydrogen-bond acceptors (Lipinski definition) is 7. The smallest absolute Gasteiger partial charge is 0.276 e. The van der Waals surface area contributed by atoms with Gasteiger partial charge in [-0.3, -0.25) is 9.59 Å². The van der Waals surface area contributed by atoms with E-state index in [0.717, 1.165) is 55.5 Å². The summed E-state index contributed by atoms with van der Waals surface area (Å²) in [6, 6.07) is 6.27. The Morgan fingerprint density at radius 2 is 1.81 bits per heavy atom. The summed E-state index contributed by atoms with van der Waals surface area (Å²) in [4.78, 5) is 27.4. The Balaban J connectivity index is 1.74. The molecule has 194 valence electrons. The number of amides is 1. The lowest BCUT2D eigenvalue weighted by atomic mass is 10.1. The van der Waals surface area contributed by atoms with Crippen LogP contribution in [0, 0.1) is 22.9 Å². The van der Waals surface area contributed by atoms with Gasteiger partial charge >= 0.3 is 0 Å². The molecule has 1 saturated heterocycles. The van der Waals surface area contributed by atoms with Crippen molar-refractivity contribution in [2.75, 3.05) is 48.9 Å². The van der Waals surface area contributed by atoms with Gasteiger partial charge in [0.2, 0.25) is 0 Å². The molecule has 2 heterocycles. The Hall–Kier alpha value is -4.19. The van der Waals surface area contributed by atoms with Crippen molar-refractivity contribution in [3.8, 4) is 5.69 Å².